The van der Waals surface area contributed by atoms with E-state index in [1.54, 1.807) is 18.1 Å². The van der Waals surface area contributed by atoms with E-state index in [2.05, 4.69) is 46.1 Å². The Bertz CT molecular complexity index is 597. The summed E-state index contributed by atoms with van der Waals surface area (Å²) >= 11 is 1.78. The van der Waals surface area contributed by atoms with Gasteiger partial charge in [0.25, 0.3) is 0 Å². The average molecular weight is 269 g/mol. The van der Waals surface area contributed by atoms with Gasteiger partial charge in [-0.3, -0.25) is 4.99 Å². The third kappa shape index (κ3) is 2.54. The zero-order chi connectivity index (χ0) is 13.1. The number of aromatic nitrogens is 2. The first-order valence-electron chi connectivity index (χ1n) is 6.29. The summed E-state index contributed by atoms with van der Waals surface area (Å²) in [6.07, 6.45) is 6.31. The lowest BCUT2D eigenvalue weighted by molar-refractivity contribution is 0.485. The lowest BCUT2D eigenvalue weighted by Gasteiger charge is -2.28. The van der Waals surface area contributed by atoms with Crippen LogP contribution in [0.2, 0.25) is 0 Å². The summed E-state index contributed by atoms with van der Waals surface area (Å²) in [5.74, 6) is 1.12. The van der Waals surface area contributed by atoms with E-state index in [1.807, 2.05) is 17.9 Å². The highest BCUT2D eigenvalue weighted by atomic mass is 32.2. The molecular formula is C15H15N3S. The molecule has 2 aromatic rings. The molecule has 19 heavy (non-hydrogen) atoms. The summed E-state index contributed by atoms with van der Waals surface area (Å²) in [6, 6.07) is 8.53. The molecule has 96 valence electrons. The number of benzene rings is 1. The van der Waals surface area contributed by atoms with E-state index in [0.29, 0.717) is 0 Å². The van der Waals surface area contributed by atoms with E-state index in [4.69, 9.17) is 0 Å². The number of thioether (sulfide) groups is 1. The molecule has 0 fully saturated rings. The van der Waals surface area contributed by atoms with E-state index in [1.165, 1.54) is 5.56 Å². The van der Waals surface area contributed by atoms with Crippen molar-refractivity contribution in [2.75, 3.05) is 5.75 Å². The first-order valence-corrected chi connectivity index (χ1v) is 7.34. The number of rotatable bonds is 2. The maximum atomic E-state index is 4.67. The summed E-state index contributed by atoms with van der Waals surface area (Å²) < 4.78 is 0. The van der Waals surface area contributed by atoms with Crippen LogP contribution in [0.15, 0.2) is 48.0 Å². The van der Waals surface area contributed by atoms with Crippen LogP contribution in [0.25, 0.3) is 11.1 Å². The van der Waals surface area contributed by atoms with Crippen LogP contribution in [0.1, 0.15) is 18.9 Å². The van der Waals surface area contributed by atoms with Crippen LogP contribution in [-0.2, 0) is 5.54 Å². The highest BCUT2D eigenvalue weighted by Crippen LogP contribution is 2.35. The Morgan fingerprint density at radius 1 is 1.16 bits per heavy atom. The Morgan fingerprint density at radius 2 is 2.00 bits per heavy atom. The zero-order valence-corrected chi connectivity index (χ0v) is 11.6. The summed E-state index contributed by atoms with van der Waals surface area (Å²) in [6.45, 7) is 2.20. The Labute approximate surface area is 117 Å². The van der Waals surface area contributed by atoms with Crippen LogP contribution >= 0.6 is 11.8 Å². The molecule has 1 aromatic heterocycles. The van der Waals surface area contributed by atoms with Gasteiger partial charge in [0, 0.05) is 23.7 Å². The smallest absolute Gasteiger partial charge is 0.115 e. The van der Waals surface area contributed by atoms with Crippen molar-refractivity contribution in [1.82, 2.24) is 9.97 Å². The van der Waals surface area contributed by atoms with Gasteiger partial charge in [-0.15, -0.1) is 11.8 Å². The number of aliphatic imine (C=N–C) groups is 1. The SMILES string of the molecule is CC1(c2cccc(-c3cncnc3)c2)CCSC=N1. The molecule has 0 bridgehead atoms. The molecular weight excluding hydrogens is 254 g/mol. The second-order valence-corrected chi connectivity index (χ2v) is 5.79. The van der Waals surface area contributed by atoms with Crippen molar-refractivity contribution >= 4 is 17.3 Å². The number of hydrogen-bond donors (Lipinski definition) is 0. The molecule has 0 amide bonds. The fourth-order valence-corrected chi connectivity index (χ4v) is 3.16. The minimum Gasteiger partial charge on any atom is -0.275 e. The van der Waals surface area contributed by atoms with Crippen LogP contribution in [-0.4, -0.2) is 21.3 Å². The molecule has 1 aliphatic heterocycles. The second kappa shape index (κ2) is 5.13. The largest absolute Gasteiger partial charge is 0.275 e. The van der Waals surface area contributed by atoms with Gasteiger partial charge in [-0.05, 0) is 30.5 Å². The summed E-state index contributed by atoms with van der Waals surface area (Å²) in [4.78, 5) is 12.8. The number of hydrogen-bond acceptors (Lipinski definition) is 4. The topological polar surface area (TPSA) is 38.1 Å². The number of nitrogens with zero attached hydrogens (tertiary/aromatic N) is 3. The van der Waals surface area contributed by atoms with Crippen molar-refractivity contribution in [2.24, 2.45) is 4.99 Å². The molecule has 0 aliphatic carbocycles. The zero-order valence-electron chi connectivity index (χ0n) is 10.8. The monoisotopic (exact) mass is 269 g/mol. The summed E-state index contributed by atoms with van der Waals surface area (Å²) in [5, 5.41) is 0. The molecule has 0 N–H and O–H groups in total. The quantitative estimate of drug-likeness (QED) is 0.837. The van der Waals surface area contributed by atoms with Crippen molar-refractivity contribution in [3.63, 3.8) is 0 Å². The normalized spacial score (nSPS) is 22.4. The molecule has 0 saturated heterocycles. The van der Waals surface area contributed by atoms with E-state index < -0.39 is 0 Å². The van der Waals surface area contributed by atoms with E-state index in [-0.39, 0.29) is 5.54 Å². The van der Waals surface area contributed by atoms with E-state index in [9.17, 15) is 0 Å². The minimum atomic E-state index is -0.100. The summed E-state index contributed by atoms with van der Waals surface area (Å²) in [7, 11) is 0. The molecule has 0 saturated carbocycles. The first-order chi connectivity index (χ1) is 9.28. The van der Waals surface area contributed by atoms with E-state index in [0.717, 1.165) is 23.3 Å². The molecule has 1 aromatic carbocycles. The van der Waals surface area contributed by atoms with Gasteiger partial charge in [-0.2, -0.15) is 0 Å². The third-order valence-corrected chi connectivity index (χ3v) is 4.19. The third-order valence-electron chi connectivity index (χ3n) is 3.50. The summed E-state index contributed by atoms with van der Waals surface area (Å²) in [5.41, 5.74) is 5.32. The van der Waals surface area contributed by atoms with Gasteiger partial charge in [0.15, 0.2) is 0 Å². The second-order valence-electron chi connectivity index (χ2n) is 4.84. The van der Waals surface area contributed by atoms with E-state index >= 15 is 0 Å². The van der Waals surface area contributed by atoms with Crippen LogP contribution < -0.4 is 0 Å². The average Bonchev–Trinajstić information content (AvgIpc) is 2.49. The Balaban J connectivity index is 2.01. The van der Waals surface area contributed by atoms with Gasteiger partial charge in [0.1, 0.15) is 6.33 Å². The molecule has 1 atom stereocenters. The van der Waals surface area contributed by atoms with Gasteiger partial charge in [0.2, 0.25) is 0 Å². The molecule has 3 rings (SSSR count). The molecule has 3 nitrogen and oxygen atoms in total. The predicted molar refractivity (Wildman–Crippen MR) is 80.4 cm³/mol. The first kappa shape index (κ1) is 12.4. The highest BCUT2D eigenvalue weighted by Gasteiger charge is 2.27. The molecule has 0 spiro atoms. The Morgan fingerprint density at radius 3 is 2.74 bits per heavy atom. The molecule has 1 unspecified atom stereocenters. The van der Waals surface area contributed by atoms with Gasteiger partial charge >= 0.3 is 0 Å². The van der Waals surface area contributed by atoms with Gasteiger partial charge in [0.05, 0.1) is 11.1 Å². The minimum absolute atomic E-state index is 0.100. The van der Waals surface area contributed by atoms with Crippen molar-refractivity contribution in [1.29, 1.82) is 0 Å². The fraction of sp³-hybridized carbons (Fsp3) is 0.267. The lowest BCUT2D eigenvalue weighted by atomic mass is 9.88. The predicted octanol–water partition coefficient (Wildman–Crippen LogP) is 3.52. The maximum Gasteiger partial charge on any atom is 0.115 e. The van der Waals surface area contributed by atoms with Crippen LogP contribution in [0.3, 0.4) is 0 Å². The van der Waals surface area contributed by atoms with Gasteiger partial charge in [-0.25, -0.2) is 9.97 Å². The highest BCUT2D eigenvalue weighted by molar-refractivity contribution is 8.12. The van der Waals surface area contributed by atoms with Gasteiger partial charge in [-0.1, -0.05) is 18.2 Å². The molecule has 4 heteroatoms. The van der Waals surface area contributed by atoms with Crippen molar-refractivity contribution in [3.05, 3.63) is 48.5 Å². The fourth-order valence-electron chi connectivity index (χ4n) is 2.23. The van der Waals surface area contributed by atoms with Gasteiger partial charge < -0.3 is 0 Å². The molecule has 2 heterocycles. The van der Waals surface area contributed by atoms with Crippen molar-refractivity contribution < 1.29 is 0 Å². The van der Waals surface area contributed by atoms with Crippen LogP contribution in [0.4, 0.5) is 0 Å². The molecule has 1 aliphatic rings. The lowest BCUT2D eigenvalue weighted by Crippen LogP contribution is -2.22. The van der Waals surface area contributed by atoms with Crippen molar-refractivity contribution in [2.45, 2.75) is 18.9 Å². The van der Waals surface area contributed by atoms with Crippen molar-refractivity contribution in [3.8, 4) is 11.1 Å². The Kier molecular flexibility index (Phi) is 3.34. The maximum absolute atomic E-state index is 4.67. The van der Waals surface area contributed by atoms with Crippen LogP contribution in [0, 0.1) is 0 Å². The Hall–Kier alpha value is -1.68. The van der Waals surface area contributed by atoms with Crippen LogP contribution in [0.5, 0.6) is 0 Å². The standard InChI is InChI=1S/C15H15N3S/c1-15(5-6-19-11-18-15)14-4-2-3-12(7-14)13-8-16-10-17-9-13/h2-4,7-11H,5-6H2,1H3. The molecule has 0 radical (unpaired) electrons.